The minimum atomic E-state index is -4.41. The first-order valence-electron chi connectivity index (χ1n) is 13.2. The van der Waals surface area contributed by atoms with Crippen molar-refractivity contribution in [2.24, 2.45) is 0 Å². The number of halogens is 3. The van der Waals surface area contributed by atoms with E-state index in [1.807, 2.05) is 37.8 Å². The van der Waals surface area contributed by atoms with Gasteiger partial charge in [-0.3, -0.25) is 14.4 Å². The summed E-state index contributed by atoms with van der Waals surface area (Å²) in [5.41, 5.74) is 1.82. The molecule has 0 bridgehead atoms. The largest absolute Gasteiger partial charge is 0.416 e. The van der Waals surface area contributed by atoms with Crippen LogP contribution in [0.4, 0.5) is 24.0 Å². The fourth-order valence-corrected chi connectivity index (χ4v) is 5.20. The Hall–Kier alpha value is -3.93. The minimum absolute atomic E-state index is 0.0416. The predicted octanol–water partition coefficient (Wildman–Crippen LogP) is 4.85. The van der Waals surface area contributed by atoms with Gasteiger partial charge in [-0.15, -0.1) is 11.3 Å². The van der Waals surface area contributed by atoms with E-state index in [9.17, 15) is 27.6 Å². The number of nitrogens with zero attached hydrogens (tertiary/aromatic N) is 4. The Morgan fingerprint density at radius 1 is 1.05 bits per heavy atom. The van der Waals surface area contributed by atoms with Crippen LogP contribution in [0.5, 0.6) is 0 Å². The molecule has 0 saturated carbocycles. The van der Waals surface area contributed by atoms with Crippen LogP contribution in [0.2, 0.25) is 0 Å². The Morgan fingerprint density at radius 3 is 2.37 bits per heavy atom. The summed E-state index contributed by atoms with van der Waals surface area (Å²) in [5, 5.41) is 4.75. The van der Waals surface area contributed by atoms with Crippen molar-refractivity contribution in [3.8, 4) is 0 Å². The number of alkyl halides is 3. The quantitative estimate of drug-likeness (QED) is 0.407. The molecule has 41 heavy (non-hydrogen) atoms. The van der Waals surface area contributed by atoms with Crippen LogP contribution < -0.4 is 10.2 Å². The number of aryl methyl sites for hydroxylation is 1. The van der Waals surface area contributed by atoms with E-state index in [0.29, 0.717) is 48.3 Å². The monoisotopic (exact) mass is 587 g/mol. The van der Waals surface area contributed by atoms with Crippen molar-refractivity contribution in [2.75, 3.05) is 42.9 Å². The maximum absolute atomic E-state index is 13.1. The molecule has 1 fully saturated rings. The van der Waals surface area contributed by atoms with E-state index in [2.05, 4.69) is 10.3 Å². The van der Waals surface area contributed by atoms with Gasteiger partial charge in [-0.25, -0.2) is 4.98 Å². The van der Waals surface area contributed by atoms with Crippen LogP contribution in [0.25, 0.3) is 0 Å². The smallest absolute Gasteiger partial charge is 0.368 e. The van der Waals surface area contributed by atoms with Crippen molar-refractivity contribution in [3.63, 3.8) is 0 Å². The van der Waals surface area contributed by atoms with E-state index in [-0.39, 0.29) is 30.8 Å². The lowest BCUT2D eigenvalue weighted by Crippen LogP contribution is -2.49. The zero-order valence-electron chi connectivity index (χ0n) is 23.1. The number of rotatable bonds is 8. The Bertz CT molecular complexity index is 1380. The van der Waals surface area contributed by atoms with Crippen molar-refractivity contribution >= 4 is 39.9 Å². The molecule has 1 aliphatic rings. The summed E-state index contributed by atoms with van der Waals surface area (Å²) in [5.74, 6) is -0.780. The van der Waals surface area contributed by atoms with Crippen LogP contribution in [0.3, 0.4) is 0 Å². The van der Waals surface area contributed by atoms with E-state index in [0.717, 1.165) is 17.7 Å². The van der Waals surface area contributed by atoms with Gasteiger partial charge in [0.15, 0.2) is 5.13 Å². The molecule has 0 unspecified atom stereocenters. The maximum Gasteiger partial charge on any atom is 0.416 e. The van der Waals surface area contributed by atoms with Gasteiger partial charge in [0.2, 0.25) is 11.8 Å². The fraction of sp³-hybridized carbons (Fsp3) is 0.379. The number of piperazine rings is 1. The van der Waals surface area contributed by atoms with Crippen LogP contribution in [-0.2, 0) is 22.2 Å². The number of hydrogen-bond donors (Lipinski definition) is 1. The molecule has 0 radical (unpaired) electrons. The maximum atomic E-state index is 13.1. The first kappa shape index (κ1) is 30.0. The summed E-state index contributed by atoms with van der Waals surface area (Å²) in [6, 6.07) is 12.2. The van der Waals surface area contributed by atoms with Gasteiger partial charge in [0, 0.05) is 48.9 Å². The number of carbonyl (C=O) groups is 3. The molecule has 218 valence electrons. The van der Waals surface area contributed by atoms with Crippen LogP contribution in [0, 0.1) is 6.92 Å². The van der Waals surface area contributed by atoms with E-state index in [1.165, 1.54) is 22.3 Å². The zero-order chi connectivity index (χ0) is 29.7. The van der Waals surface area contributed by atoms with Gasteiger partial charge in [-0.05, 0) is 51.1 Å². The Kier molecular flexibility index (Phi) is 9.31. The number of nitrogens with one attached hydrogen (secondary N) is 1. The zero-order valence-corrected chi connectivity index (χ0v) is 23.9. The van der Waals surface area contributed by atoms with E-state index >= 15 is 0 Å². The van der Waals surface area contributed by atoms with E-state index < -0.39 is 17.6 Å². The molecule has 3 amide bonds. The van der Waals surface area contributed by atoms with E-state index in [4.69, 9.17) is 0 Å². The molecular weight excluding hydrogens is 555 g/mol. The lowest BCUT2D eigenvalue weighted by atomic mass is 10.1. The molecule has 2 heterocycles. The minimum Gasteiger partial charge on any atom is -0.368 e. The highest BCUT2D eigenvalue weighted by Crippen LogP contribution is 2.32. The Morgan fingerprint density at radius 2 is 1.73 bits per heavy atom. The molecule has 4 rings (SSSR count). The number of benzene rings is 2. The number of aromatic nitrogens is 1. The second-order valence-corrected chi connectivity index (χ2v) is 11.0. The summed E-state index contributed by atoms with van der Waals surface area (Å²) in [6.45, 7) is 7.05. The number of hydrogen-bond acceptors (Lipinski definition) is 6. The third-order valence-electron chi connectivity index (χ3n) is 6.80. The molecule has 3 aromatic rings. The molecule has 2 aromatic carbocycles. The van der Waals surface area contributed by atoms with Gasteiger partial charge < -0.3 is 20.0 Å². The SMILES string of the molecule is Cc1ccc(C(=O)N(CC(=O)Nc2nc(CC(=O)N3CCN(c4cccc(C(F)(F)F)c4)CC3)cs2)C(C)C)cc1. The number of thiazole rings is 1. The number of anilines is 2. The van der Waals surface area contributed by atoms with Gasteiger partial charge in [-0.1, -0.05) is 23.8 Å². The molecule has 8 nitrogen and oxygen atoms in total. The van der Waals surface area contributed by atoms with Gasteiger partial charge in [0.25, 0.3) is 5.91 Å². The second kappa shape index (κ2) is 12.7. The first-order valence-corrected chi connectivity index (χ1v) is 14.1. The molecule has 0 spiro atoms. The van der Waals surface area contributed by atoms with Crippen molar-refractivity contribution in [3.05, 3.63) is 76.3 Å². The van der Waals surface area contributed by atoms with Crippen LogP contribution in [0.15, 0.2) is 53.9 Å². The van der Waals surface area contributed by atoms with Gasteiger partial charge in [-0.2, -0.15) is 13.2 Å². The average Bonchev–Trinajstić information content (AvgIpc) is 3.37. The molecule has 12 heteroatoms. The highest BCUT2D eigenvalue weighted by atomic mass is 32.1. The third-order valence-corrected chi connectivity index (χ3v) is 7.60. The highest BCUT2D eigenvalue weighted by Gasteiger charge is 2.31. The Balaban J connectivity index is 1.28. The Labute approximate surface area is 240 Å². The first-order chi connectivity index (χ1) is 19.4. The molecule has 1 N–H and O–H groups in total. The topological polar surface area (TPSA) is 85.8 Å². The molecule has 1 aliphatic heterocycles. The molecule has 0 atom stereocenters. The van der Waals surface area contributed by atoms with Crippen molar-refractivity contribution in [1.29, 1.82) is 0 Å². The van der Waals surface area contributed by atoms with Crippen molar-refractivity contribution < 1.29 is 27.6 Å². The summed E-state index contributed by atoms with van der Waals surface area (Å²) in [6.07, 6.45) is -4.37. The molecule has 1 aromatic heterocycles. The third kappa shape index (κ3) is 7.84. The number of carbonyl (C=O) groups excluding carboxylic acids is 3. The lowest BCUT2D eigenvalue weighted by molar-refractivity contribution is -0.137. The normalized spacial score (nSPS) is 13.8. The van der Waals surface area contributed by atoms with Crippen LogP contribution >= 0.6 is 11.3 Å². The van der Waals surface area contributed by atoms with Gasteiger partial charge >= 0.3 is 6.18 Å². The standard InChI is InChI=1S/C29H32F3N5O3S/c1-19(2)37(27(40)21-9-7-20(3)8-10-21)17-25(38)34-28-33-23(18-41-28)16-26(39)36-13-11-35(12-14-36)24-6-4-5-22(15-24)29(30,31)32/h4-10,15,18-19H,11-14,16-17H2,1-3H3,(H,33,34,38). The highest BCUT2D eigenvalue weighted by molar-refractivity contribution is 7.13. The van der Waals surface area contributed by atoms with Crippen molar-refractivity contribution in [2.45, 2.75) is 39.4 Å². The fourth-order valence-electron chi connectivity index (χ4n) is 4.47. The molecular formula is C29H32F3N5O3S. The van der Waals surface area contributed by atoms with Crippen molar-refractivity contribution in [1.82, 2.24) is 14.8 Å². The second-order valence-electron chi connectivity index (χ2n) is 10.2. The summed E-state index contributed by atoms with van der Waals surface area (Å²) >= 11 is 1.19. The van der Waals surface area contributed by atoms with Gasteiger partial charge in [0.1, 0.15) is 6.54 Å². The average molecular weight is 588 g/mol. The van der Waals surface area contributed by atoms with E-state index in [1.54, 1.807) is 28.5 Å². The molecule has 1 saturated heterocycles. The summed E-state index contributed by atoms with van der Waals surface area (Å²) in [4.78, 5) is 47.9. The number of amides is 3. The summed E-state index contributed by atoms with van der Waals surface area (Å²) in [7, 11) is 0. The van der Waals surface area contributed by atoms with Gasteiger partial charge in [0.05, 0.1) is 17.7 Å². The van der Waals surface area contributed by atoms with Crippen LogP contribution in [-0.4, -0.2) is 71.3 Å². The van der Waals surface area contributed by atoms with Crippen LogP contribution in [0.1, 0.15) is 41.0 Å². The lowest BCUT2D eigenvalue weighted by Gasteiger charge is -2.36. The molecule has 0 aliphatic carbocycles. The predicted molar refractivity (Wildman–Crippen MR) is 152 cm³/mol. The summed E-state index contributed by atoms with van der Waals surface area (Å²) < 4.78 is 39.2.